The molecular weight excluding hydrogens is 440 g/mol. The highest BCUT2D eigenvalue weighted by Gasteiger charge is 2.29. The zero-order valence-corrected chi connectivity index (χ0v) is 21.0. The van der Waals surface area contributed by atoms with Gasteiger partial charge in [0.25, 0.3) is 0 Å². The van der Waals surface area contributed by atoms with Gasteiger partial charge in [-0.05, 0) is 67.7 Å². The lowest BCUT2D eigenvalue weighted by molar-refractivity contribution is 0.166. The highest BCUT2D eigenvalue weighted by Crippen LogP contribution is 2.28. The molecule has 4 nitrogen and oxygen atoms in total. The third kappa shape index (κ3) is 5.77. The van der Waals surface area contributed by atoms with Crippen LogP contribution in [0.5, 0.6) is 0 Å². The van der Waals surface area contributed by atoms with Gasteiger partial charge in [-0.2, -0.15) is 4.31 Å². The van der Waals surface area contributed by atoms with E-state index in [9.17, 15) is 8.42 Å². The fourth-order valence-corrected chi connectivity index (χ4v) is 6.68. The topological polar surface area (TPSA) is 40.6 Å². The fraction of sp³-hybridized carbons (Fsp3) is 0.379. The first kappa shape index (κ1) is 24.6. The van der Waals surface area contributed by atoms with Gasteiger partial charge in [-0.25, -0.2) is 8.42 Å². The van der Waals surface area contributed by atoms with Gasteiger partial charge in [-0.15, -0.1) is 6.58 Å². The summed E-state index contributed by atoms with van der Waals surface area (Å²) in [5.41, 5.74) is 1.40. The highest BCUT2D eigenvalue weighted by atomic mass is 32.2. The van der Waals surface area contributed by atoms with Crippen molar-refractivity contribution in [3.8, 4) is 0 Å². The first-order valence-electron chi connectivity index (χ1n) is 12.3. The zero-order valence-electron chi connectivity index (χ0n) is 20.1. The Balaban J connectivity index is 1.37. The van der Waals surface area contributed by atoms with Crippen LogP contribution in [0.2, 0.25) is 0 Å². The molecule has 1 aliphatic heterocycles. The summed E-state index contributed by atoms with van der Waals surface area (Å²) in [6.07, 6.45) is 4.90. The molecule has 3 aromatic carbocycles. The van der Waals surface area contributed by atoms with Crippen molar-refractivity contribution < 1.29 is 8.42 Å². The van der Waals surface area contributed by atoms with Crippen LogP contribution in [-0.2, 0) is 10.0 Å². The first-order valence-corrected chi connectivity index (χ1v) is 13.8. The molecule has 0 bridgehead atoms. The maximum absolute atomic E-state index is 13.7. The number of fused-ring (bicyclic) bond motifs is 1. The van der Waals surface area contributed by atoms with Crippen LogP contribution >= 0.6 is 0 Å². The van der Waals surface area contributed by atoms with Crippen molar-refractivity contribution in [1.82, 2.24) is 9.21 Å². The van der Waals surface area contributed by atoms with Crippen molar-refractivity contribution in [2.75, 3.05) is 32.7 Å². The Morgan fingerprint density at radius 3 is 2.41 bits per heavy atom. The van der Waals surface area contributed by atoms with E-state index in [0.717, 1.165) is 49.7 Å². The average molecular weight is 477 g/mol. The van der Waals surface area contributed by atoms with Crippen LogP contribution in [0.25, 0.3) is 10.8 Å². The van der Waals surface area contributed by atoms with Gasteiger partial charge in [0.2, 0.25) is 10.0 Å². The van der Waals surface area contributed by atoms with Gasteiger partial charge in [0.05, 0.1) is 4.90 Å². The Hall–Kier alpha value is -2.47. The largest absolute Gasteiger partial charge is 0.303 e. The Morgan fingerprint density at radius 1 is 1.00 bits per heavy atom. The Morgan fingerprint density at radius 2 is 1.68 bits per heavy atom. The van der Waals surface area contributed by atoms with Gasteiger partial charge in [0, 0.05) is 18.5 Å². The van der Waals surface area contributed by atoms with Crippen LogP contribution in [0, 0.1) is 5.92 Å². The van der Waals surface area contributed by atoms with Crippen molar-refractivity contribution in [2.24, 2.45) is 5.92 Å². The summed E-state index contributed by atoms with van der Waals surface area (Å²) in [5.74, 6) is 0.917. The molecule has 0 saturated carbocycles. The number of sulfonamides is 1. The average Bonchev–Trinajstić information content (AvgIpc) is 2.88. The summed E-state index contributed by atoms with van der Waals surface area (Å²) >= 11 is 0. The molecule has 0 aliphatic carbocycles. The molecule has 4 rings (SSSR count). The summed E-state index contributed by atoms with van der Waals surface area (Å²) in [4.78, 5) is 2.92. The maximum Gasteiger partial charge on any atom is 0.243 e. The second kappa shape index (κ2) is 11.3. The smallest absolute Gasteiger partial charge is 0.243 e. The molecule has 0 radical (unpaired) electrons. The number of hydrogen-bond acceptors (Lipinski definition) is 3. The number of likely N-dealkylation sites (tertiary alicyclic amines) is 1. The van der Waals surface area contributed by atoms with Crippen LogP contribution in [0.15, 0.2) is 90.3 Å². The summed E-state index contributed by atoms with van der Waals surface area (Å²) in [6, 6.07) is 23.9. The van der Waals surface area contributed by atoms with E-state index >= 15 is 0 Å². The van der Waals surface area contributed by atoms with E-state index in [4.69, 9.17) is 0 Å². The normalized spacial score (nSPS) is 16.6. The molecule has 1 unspecified atom stereocenters. The van der Waals surface area contributed by atoms with Gasteiger partial charge in [-0.3, -0.25) is 0 Å². The molecule has 0 amide bonds. The van der Waals surface area contributed by atoms with Crippen LogP contribution in [0.4, 0.5) is 0 Å². The Labute approximate surface area is 204 Å². The molecule has 1 saturated heterocycles. The summed E-state index contributed by atoms with van der Waals surface area (Å²) in [6.45, 7) is 10.2. The van der Waals surface area contributed by atoms with Crippen molar-refractivity contribution in [1.29, 1.82) is 0 Å². The quantitative estimate of drug-likeness (QED) is 0.341. The SMILES string of the molecule is C=CCN(CC1CCN(CCC(C)c2ccccc2)CC1)S(=O)(=O)c1cccc2ccccc12. The molecule has 1 fully saturated rings. The van der Waals surface area contributed by atoms with E-state index in [0.29, 0.717) is 29.8 Å². The lowest BCUT2D eigenvalue weighted by Crippen LogP contribution is -2.41. The number of hydrogen-bond donors (Lipinski definition) is 0. The number of nitrogens with zero attached hydrogens (tertiary/aromatic N) is 2. The predicted molar refractivity (Wildman–Crippen MR) is 142 cm³/mol. The molecule has 0 spiro atoms. The van der Waals surface area contributed by atoms with Gasteiger partial charge in [-0.1, -0.05) is 79.7 Å². The van der Waals surface area contributed by atoms with Crippen molar-refractivity contribution in [3.63, 3.8) is 0 Å². The van der Waals surface area contributed by atoms with Crippen LogP contribution in [0.1, 0.15) is 37.7 Å². The van der Waals surface area contributed by atoms with Crippen LogP contribution in [-0.4, -0.2) is 50.3 Å². The van der Waals surface area contributed by atoms with Crippen molar-refractivity contribution in [2.45, 2.75) is 37.0 Å². The lowest BCUT2D eigenvalue weighted by Gasteiger charge is -2.35. The second-order valence-corrected chi connectivity index (χ2v) is 11.4. The molecule has 1 atom stereocenters. The molecule has 34 heavy (non-hydrogen) atoms. The summed E-state index contributed by atoms with van der Waals surface area (Å²) in [7, 11) is -3.61. The maximum atomic E-state index is 13.7. The molecule has 1 aliphatic rings. The summed E-state index contributed by atoms with van der Waals surface area (Å²) < 4.78 is 28.9. The zero-order chi connectivity index (χ0) is 24.0. The third-order valence-electron chi connectivity index (χ3n) is 7.12. The van der Waals surface area contributed by atoms with E-state index in [1.54, 1.807) is 16.4 Å². The molecule has 0 aromatic heterocycles. The van der Waals surface area contributed by atoms with Crippen molar-refractivity contribution in [3.05, 3.63) is 91.0 Å². The fourth-order valence-electron chi connectivity index (χ4n) is 4.98. The molecular formula is C29H36N2O2S. The Bertz CT molecular complexity index is 1180. The molecule has 1 heterocycles. The van der Waals surface area contributed by atoms with E-state index in [1.807, 2.05) is 36.4 Å². The number of piperidine rings is 1. The van der Waals surface area contributed by atoms with E-state index < -0.39 is 10.0 Å². The summed E-state index contributed by atoms with van der Waals surface area (Å²) in [5, 5.41) is 1.72. The lowest BCUT2D eigenvalue weighted by atomic mass is 9.94. The first-order chi connectivity index (χ1) is 16.5. The minimum absolute atomic E-state index is 0.334. The van der Waals surface area contributed by atoms with E-state index in [1.165, 1.54) is 5.56 Å². The predicted octanol–water partition coefficient (Wildman–Crippen LogP) is 5.92. The standard InChI is InChI=1S/C29H36N2O2S/c1-3-19-31(34(32,33)29-15-9-13-27-12-7-8-14-28(27)29)23-25-17-21-30(22-18-25)20-16-24(2)26-10-5-4-6-11-26/h3-15,24-25H,1,16-23H2,2H3. The van der Waals surface area contributed by atoms with Crippen LogP contribution < -0.4 is 0 Å². The minimum atomic E-state index is -3.61. The van der Waals surface area contributed by atoms with Crippen LogP contribution in [0.3, 0.4) is 0 Å². The molecule has 5 heteroatoms. The van der Waals surface area contributed by atoms with Crippen molar-refractivity contribution >= 4 is 20.8 Å². The second-order valence-electron chi connectivity index (χ2n) is 9.47. The monoisotopic (exact) mass is 476 g/mol. The Kier molecular flexibility index (Phi) is 8.19. The van der Waals surface area contributed by atoms with Gasteiger partial charge in [0.15, 0.2) is 0 Å². The number of rotatable bonds is 10. The van der Waals surface area contributed by atoms with E-state index in [2.05, 4.69) is 48.7 Å². The highest BCUT2D eigenvalue weighted by molar-refractivity contribution is 7.89. The molecule has 3 aromatic rings. The van der Waals surface area contributed by atoms with Gasteiger partial charge < -0.3 is 4.90 Å². The van der Waals surface area contributed by atoms with Gasteiger partial charge >= 0.3 is 0 Å². The number of benzene rings is 3. The van der Waals surface area contributed by atoms with E-state index in [-0.39, 0.29) is 0 Å². The minimum Gasteiger partial charge on any atom is -0.303 e. The molecule has 180 valence electrons. The van der Waals surface area contributed by atoms with Gasteiger partial charge in [0.1, 0.15) is 0 Å². The molecule has 0 N–H and O–H groups in total. The third-order valence-corrected chi connectivity index (χ3v) is 9.01.